The number of anilines is 3. The van der Waals surface area contributed by atoms with Gasteiger partial charge in [-0.1, -0.05) is 0 Å². The van der Waals surface area contributed by atoms with Crippen LogP contribution in [0.4, 0.5) is 36.0 Å². The number of aliphatic hydroxyl groups is 1. The van der Waals surface area contributed by atoms with Gasteiger partial charge in [-0.05, 0) is 71.5 Å². The fourth-order valence-electron chi connectivity index (χ4n) is 5.09. The molecular weight excluding hydrogens is 601 g/mol. The van der Waals surface area contributed by atoms with E-state index in [1.165, 1.54) is 29.4 Å². The third-order valence-electron chi connectivity index (χ3n) is 7.16. The van der Waals surface area contributed by atoms with E-state index in [0.29, 0.717) is 35.0 Å². The molecule has 246 valence electrons. The molecule has 0 radical (unpaired) electrons. The van der Waals surface area contributed by atoms with Crippen molar-refractivity contribution in [2.45, 2.75) is 84.7 Å². The molecule has 13 nitrogen and oxygen atoms in total. The predicted octanol–water partition coefficient (Wildman–Crippen LogP) is 6.30. The first-order valence-corrected chi connectivity index (χ1v) is 14.9. The summed E-state index contributed by atoms with van der Waals surface area (Å²) in [5.41, 5.74) is -0.639. The fourth-order valence-corrected chi connectivity index (χ4v) is 5.09. The number of nitrogens with one attached hydrogen (secondary N) is 2. The van der Waals surface area contributed by atoms with Gasteiger partial charge in [-0.2, -0.15) is 0 Å². The highest BCUT2D eigenvalue weighted by atomic mass is 19.1. The average molecular weight is 640 g/mol. The van der Waals surface area contributed by atoms with Crippen molar-refractivity contribution in [3.8, 4) is 17.0 Å². The van der Waals surface area contributed by atoms with Gasteiger partial charge in [0, 0.05) is 41.7 Å². The lowest BCUT2D eigenvalue weighted by atomic mass is 9.92. The van der Waals surface area contributed by atoms with Crippen LogP contribution in [0.1, 0.15) is 59.9 Å². The number of nitrogens with zero attached hydrogens (tertiary/aromatic N) is 3. The van der Waals surface area contributed by atoms with Crippen molar-refractivity contribution < 1.29 is 42.8 Å². The van der Waals surface area contributed by atoms with Crippen LogP contribution in [0.25, 0.3) is 21.9 Å². The summed E-state index contributed by atoms with van der Waals surface area (Å²) >= 11 is 0. The van der Waals surface area contributed by atoms with Crippen LogP contribution in [0.2, 0.25) is 0 Å². The van der Waals surface area contributed by atoms with E-state index < -0.39 is 47.5 Å². The third kappa shape index (κ3) is 7.22. The molecule has 46 heavy (non-hydrogen) atoms. The van der Waals surface area contributed by atoms with Crippen molar-refractivity contribution in [3.63, 3.8) is 0 Å². The molecule has 2 aliphatic rings. The zero-order chi connectivity index (χ0) is 33.6. The molecule has 1 aliphatic carbocycles. The SMILES string of the molecule is Cc1c(-c2cc3cc(NC(=O)OC4CC(O)C4)ncc3c(NC(=O)OC(C)(C)C)c2F)cnc2c1N(C(=O)OC(C)(C)C)CCO2. The van der Waals surface area contributed by atoms with E-state index in [0.717, 1.165) is 0 Å². The molecule has 0 spiro atoms. The van der Waals surface area contributed by atoms with Crippen molar-refractivity contribution in [2.75, 3.05) is 28.7 Å². The zero-order valence-corrected chi connectivity index (χ0v) is 26.8. The highest BCUT2D eigenvalue weighted by Gasteiger charge is 2.33. The number of aromatic nitrogens is 2. The van der Waals surface area contributed by atoms with Gasteiger partial charge in [-0.3, -0.25) is 15.5 Å². The second kappa shape index (κ2) is 12.2. The molecule has 3 N–H and O–H groups in total. The summed E-state index contributed by atoms with van der Waals surface area (Å²) in [6.07, 6.45) is 0.312. The van der Waals surface area contributed by atoms with Gasteiger partial charge >= 0.3 is 18.3 Å². The van der Waals surface area contributed by atoms with Crippen LogP contribution in [0.15, 0.2) is 24.5 Å². The Balaban J connectivity index is 1.59. The molecule has 2 aromatic heterocycles. The Kier molecular flexibility index (Phi) is 8.69. The number of carbonyl (C=O) groups is 3. The molecular formula is C32H38FN5O8. The van der Waals surface area contributed by atoms with Crippen LogP contribution in [-0.4, -0.2) is 69.9 Å². The van der Waals surface area contributed by atoms with Gasteiger partial charge in [0.15, 0.2) is 5.82 Å². The Labute approximate surface area is 265 Å². The van der Waals surface area contributed by atoms with E-state index in [-0.39, 0.29) is 41.5 Å². The molecule has 1 fully saturated rings. The Hall–Kier alpha value is -4.72. The quantitative estimate of drug-likeness (QED) is 0.276. The number of aliphatic hydroxyl groups excluding tert-OH is 1. The van der Waals surface area contributed by atoms with Gasteiger partial charge in [-0.15, -0.1) is 0 Å². The number of pyridine rings is 2. The first kappa shape index (κ1) is 32.7. The van der Waals surface area contributed by atoms with Crippen LogP contribution in [0.5, 0.6) is 5.88 Å². The minimum Gasteiger partial charge on any atom is -0.474 e. The van der Waals surface area contributed by atoms with Gasteiger partial charge < -0.3 is 24.1 Å². The van der Waals surface area contributed by atoms with Crippen molar-refractivity contribution >= 4 is 46.2 Å². The van der Waals surface area contributed by atoms with Gasteiger partial charge in [-0.25, -0.2) is 28.7 Å². The number of carbonyl (C=O) groups excluding carboxylic acids is 3. The molecule has 3 amide bonds. The predicted molar refractivity (Wildman–Crippen MR) is 168 cm³/mol. The largest absolute Gasteiger partial charge is 0.474 e. The number of fused-ring (bicyclic) bond motifs is 2. The Morgan fingerprint density at radius 2 is 1.67 bits per heavy atom. The topological polar surface area (TPSA) is 161 Å². The van der Waals surface area contributed by atoms with E-state index in [9.17, 15) is 19.5 Å². The van der Waals surface area contributed by atoms with Crippen LogP contribution in [-0.2, 0) is 14.2 Å². The lowest BCUT2D eigenvalue weighted by Gasteiger charge is -2.32. The van der Waals surface area contributed by atoms with Gasteiger partial charge in [0.05, 0.1) is 18.3 Å². The second-order valence-corrected chi connectivity index (χ2v) is 13.2. The van der Waals surface area contributed by atoms with E-state index in [2.05, 4.69) is 20.6 Å². The molecule has 3 aromatic rings. The van der Waals surface area contributed by atoms with Gasteiger partial charge in [0.25, 0.3) is 0 Å². The maximum absolute atomic E-state index is 16.5. The van der Waals surface area contributed by atoms with Crippen LogP contribution >= 0.6 is 0 Å². The first-order chi connectivity index (χ1) is 21.5. The number of rotatable bonds is 4. The van der Waals surface area contributed by atoms with Crippen molar-refractivity contribution in [1.29, 1.82) is 0 Å². The maximum Gasteiger partial charge on any atom is 0.415 e. The number of ether oxygens (including phenoxy) is 4. The number of hydrogen-bond donors (Lipinski definition) is 3. The lowest BCUT2D eigenvalue weighted by molar-refractivity contribution is -0.0308. The first-order valence-electron chi connectivity index (χ1n) is 14.9. The molecule has 1 aliphatic heterocycles. The van der Waals surface area contributed by atoms with Gasteiger partial charge in [0.2, 0.25) is 5.88 Å². The van der Waals surface area contributed by atoms with E-state index in [1.54, 1.807) is 48.5 Å². The van der Waals surface area contributed by atoms with Crippen LogP contribution in [0.3, 0.4) is 0 Å². The third-order valence-corrected chi connectivity index (χ3v) is 7.16. The molecule has 1 saturated carbocycles. The standard InChI is InChI=1S/C32H38FN5O8/c1-16-21(14-35-27-26(16)38(8-9-43-27)30(42)46-32(5,6)7)20-10-17-11-23(36-28(40)44-19-12-18(39)13-19)34-15-22(17)25(24(20)33)37-29(41)45-31(2,3)4/h10-11,14-15,18-19,39H,8-9,12-13H2,1-7H3,(H,37,41)(H,34,36,40). The molecule has 0 unspecified atom stereocenters. The fraction of sp³-hybridized carbons (Fsp3) is 0.469. The van der Waals surface area contributed by atoms with Crippen LogP contribution < -0.4 is 20.3 Å². The summed E-state index contributed by atoms with van der Waals surface area (Å²) in [4.78, 5) is 48.5. The average Bonchev–Trinajstić information content (AvgIpc) is 2.92. The van der Waals surface area contributed by atoms with E-state index in [1.807, 2.05) is 0 Å². The Bertz CT molecular complexity index is 1690. The number of benzene rings is 1. The molecule has 1 aromatic carbocycles. The van der Waals surface area contributed by atoms with E-state index in [4.69, 9.17) is 18.9 Å². The minimum absolute atomic E-state index is 0.0456. The number of amides is 3. The van der Waals surface area contributed by atoms with Crippen molar-refractivity contribution in [2.24, 2.45) is 0 Å². The highest BCUT2D eigenvalue weighted by Crippen LogP contribution is 2.42. The summed E-state index contributed by atoms with van der Waals surface area (Å²) in [6.45, 7) is 12.4. The van der Waals surface area contributed by atoms with Crippen molar-refractivity contribution in [1.82, 2.24) is 9.97 Å². The Morgan fingerprint density at radius 1 is 0.978 bits per heavy atom. The molecule has 0 atom stereocenters. The van der Waals surface area contributed by atoms with Crippen molar-refractivity contribution in [3.05, 3.63) is 35.9 Å². The smallest absolute Gasteiger partial charge is 0.415 e. The maximum atomic E-state index is 16.5. The Morgan fingerprint density at radius 3 is 2.33 bits per heavy atom. The second-order valence-electron chi connectivity index (χ2n) is 13.2. The zero-order valence-electron chi connectivity index (χ0n) is 26.8. The summed E-state index contributed by atoms with van der Waals surface area (Å²) in [7, 11) is 0. The summed E-state index contributed by atoms with van der Waals surface area (Å²) in [6, 6.07) is 3.04. The molecule has 5 rings (SSSR count). The van der Waals surface area contributed by atoms with Gasteiger partial charge in [0.1, 0.15) is 35.4 Å². The number of hydrogen-bond acceptors (Lipinski definition) is 10. The normalized spacial score (nSPS) is 17.7. The highest BCUT2D eigenvalue weighted by molar-refractivity contribution is 6.05. The minimum atomic E-state index is -0.886. The van der Waals surface area contributed by atoms with Crippen LogP contribution in [0, 0.1) is 12.7 Å². The molecule has 0 bridgehead atoms. The summed E-state index contributed by atoms with van der Waals surface area (Å²) in [5.74, 6) is -0.489. The summed E-state index contributed by atoms with van der Waals surface area (Å²) in [5, 5.41) is 15.2. The summed E-state index contributed by atoms with van der Waals surface area (Å²) < 4.78 is 38.5. The van der Waals surface area contributed by atoms with E-state index >= 15 is 4.39 Å². The lowest BCUT2D eigenvalue weighted by Crippen LogP contribution is -2.42. The number of halogens is 1. The molecule has 3 heterocycles. The molecule has 14 heteroatoms. The molecule has 0 saturated heterocycles. The monoisotopic (exact) mass is 639 g/mol.